The van der Waals surface area contributed by atoms with Gasteiger partial charge >= 0.3 is 0 Å². The molecule has 15 rings (SSSR count). The number of imidazole rings is 3. The molecule has 6 N–H and O–H groups in total. The van der Waals surface area contributed by atoms with Gasteiger partial charge in [0.25, 0.3) is 17.7 Å². The Balaban J connectivity index is 0.000000127. The summed E-state index contributed by atoms with van der Waals surface area (Å²) >= 11 is 6.21. The van der Waals surface area contributed by atoms with E-state index in [4.69, 9.17) is 21.6 Å². The zero-order chi connectivity index (χ0) is 65.1. The molecule has 6 aliphatic rings. The number of halogens is 1. The smallest absolute Gasteiger partial charge is 0.255 e. The summed E-state index contributed by atoms with van der Waals surface area (Å²) in [5.41, 5.74) is 22.7. The fourth-order valence-corrected chi connectivity index (χ4v) is 13.7. The van der Waals surface area contributed by atoms with E-state index in [0.717, 1.165) is 134 Å². The predicted octanol–water partition coefficient (Wildman–Crippen LogP) is 11.5. The lowest BCUT2D eigenvalue weighted by molar-refractivity contribution is -0.127. The third kappa shape index (κ3) is 12.8. The van der Waals surface area contributed by atoms with E-state index in [0.29, 0.717) is 79.9 Å². The number of fused-ring (bicyclic) bond motifs is 6. The molecule has 474 valence electrons. The molecule has 6 amide bonds. The molecule has 3 aromatic heterocycles. The van der Waals surface area contributed by atoms with Crippen LogP contribution in [0.4, 0.5) is 0 Å². The third-order valence-electron chi connectivity index (χ3n) is 19.2. The number of hydrogen-bond donors (Lipinski definition) is 6. The van der Waals surface area contributed by atoms with Crippen LogP contribution in [0.3, 0.4) is 0 Å². The molecule has 6 aliphatic heterocycles. The second-order valence-corrected chi connectivity index (χ2v) is 26.2. The van der Waals surface area contributed by atoms with Gasteiger partial charge in [-0.3, -0.25) is 28.8 Å². The van der Waals surface area contributed by atoms with Crippen LogP contribution in [-0.4, -0.2) is 98.2 Å². The number of carbonyl (C=O) groups is 6. The van der Waals surface area contributed by atoms with Gasteiger partial charge in [0.1, 0.15) is 35.6 Å². The Kier molecular flexibility index (Phi) is 16.8. The van der Waals surface area contributed by atoms with Crippen LogP contribution >= 0.6 is 11.6 Å². The fourth-order valence-electron chi connectivity index (χ4n) is 13.6. The highest BCUT2D eigenvalue weighted by Crippen LogP contribution is 2.34. The quantitative estimate of drug-likeness (QED) is 0.0682. The molecule has 0 radical (unpaired) electrons. The molecule has 3 unspecified atom stereocenters. The van der Waals surface area contributed by atoms with Crippen LogP contribution in [0.2, 0.25) is 5.02 Å². The van der Waals surface area contributed by atoms with Crippen molar-refractivity contribution in [2.75, 3.05) is 0 Å². The number of aromatic amines is 3. The molecule has 3 fully saturated rings. The van der Waals surface area contributed by atoms with Gasteiger partial charge in [-0.2, -0.15) is 0 Å². The zero-order valence-corrected chi connectivity index (χ0v) is 53.9. The molecule has 3 saturated heterocycles. The number of aromatic nitrogens is 6. The van der Waals surface area contributed by atoms with Crippen LogP contribution in [0.15, 0.2) is 128 Å². The van der Waals surface area contributed by atoms with Gasteiger partial charge in [0, 0.05) is 77.7 Å². The Morgan fingerprint density at radius 3 is 1.03 bits per heavy atom. The number of aryl methyl sites for hydroxylation is 11. The summed E-state index contributed by atoms with van der Waals surface area (Å²) in [6, 6.07) is 29.2. The number of amides is 6. The van der Waals surface area contributed by atoms with E-state index in [2.05, 4.69) is 126 Å². The van der Waals surface area contributed by atoms with Gasteiger partial charge in [-0.25, -0.2) is 15.0 Å². The Morgan fingerprint density at radius 2 is 0.710 bits per heavy atom. The second-order valence-electron chi connectivity index (χ2n) is 25.8. The number of allylic oxidation sites excluding steroid dienone is 3. The van der Waals surface area contributed by atoms with Crippen molar-refractivity contribution in [2.45, 2.75) is 149 Å². The third-order valence-corrected chi connectivity index (χ3v) is 19.6. The Labute approximate surface area is 544 Å². The maximum absolute atomic E-state index is 12.9. The van der Waals surface area contributed by atoms with Crippen molar-refractivity contribution < 1.29 is 28.8 Å². The minimum atomic E-state index is -0.431. The highest BCUT2D eigenvalue weighted by molar-refractivity contribution is 6.32. The van der Waals surface area contributed by atoms with Crippen molar-refractivity contribution >= 4 is 80.1 Å². The molecule has 0 aliphatic carbocycles. The monoisotopic (exact) mass is 1260 g/mol. The first-order valence-electron chi connectivity index (χ1n) is 32.0. The fraction of sp³-hybridized carbons (Fsp3) is 0.311. The summed E-state index contributed by atoms with van der Waals surface area (Å²) in [6.45, 7) is 23.3. The Bertz CT molecular complexity index is 4070. The van der Waals surface area contributed by atoms with Gasteiger partial charge in [-0.15, -0.1) is 0 Å². The van der Waals surface area contributed by atoms with Crippen LogP contribution in [0, 0.1) is 34.6 Å². The summed E-state index contributed by atoms with van der Waals surface area (Å²) in [6.07, 6.45) is 8.82. The number of rotatable bonds is 12. The van der Waals surface area contributed by atoms with Crippen molar-refractivity contribution in [2.24, 2.45) is 0 Å². The summed E-state index contributed by atoms with van der Waals surface area (Å²) in [5, 5.41) is 9.06. The van der Waals surface area contributed by atoms with Crippen LogP contribution in [0.5, 0.6) is 0 Å². The molecule has 0 bridgehead atoms. The van der Waals surface area contributed by atoms with E-state index in [-0.39, 0.29) is 35.4 Å². The summed E-state index contributed by atoms with van der Waals surface area (Å²) in [7, 11) is 0. The topological polar surface area (TPSA) is 234 Å². The van der Waals surface area contributed by atoms with Crippen molar-refractivity contribution in [3.63, 3.8) is 0 Å². The molecular formula is C74H75ClN12O6. The molecule has 0 saturated carbocycles. The van der Waals surface area contributed by atoms with Crippen molar-refractivity contribution in [3.05, 3.63) is 228 Å². The molecule has 6 aromatic carbocycles. The maximum Gasteiger partial charge on any atom is 0.255 e. The van der Waals surface area contributed by atoms with E-state index >= 15 is 0 Å². The molecule has 19 heteroatoms. The highest BCUT2D eigenvalue weighted by atomic mass is 35.5. The predicted molar refractivity (Wildman–Crippen MR) is 359 cm³/mol. The lowest BCUT2D eigenvalue weighted by Crippen LogP contribution is -2.49. The Morgan fingerprint density at radius 1 is 0.409 bits per heavy atom. The molecule has 3 atom stereocenters. The van der Waals surface area contributed by atoms with Crippen LogP contribution in [0.25, 0.3) is 33.1 Å². The van der Waals surface area contributed by atoms with Gasteiger partial charge < -0.3 is 45.6 Å². The lowest BCUT2D eigenvalue weighted by atomic mass is 10.0. The summed E-state index contributed by atoms with van der Waals surface area (Å²) in [4.78, 5) is 105. The van der Waals surface area contributed by atoms with E-state index < -0.39 is 18.1 Å². The molecular weight excluding hydrogens is 1190 g/mol. The van der Waals surface area contributed by atoms with Crippen molar-refractivity contribution in [3.8, 4) is 0 Å². The average Bonchev–Trinajstić information content (AvgIpc) is 1.73. The molecule has 9 heterocycles. The number of nitrogens with one attached hydrogen (secondary N) is 6. The SMILES string of the molecule is C=C1CCC(N2Cc3cc(CCc4nc5cc(C)c(C)cc5[nH]4)ccc3C2=O)C(=O)N1.C=C1CCC(N2Cc3cc(CCc4nc5cc(C)c(C)cc5[nH]4)ccc3C2=O)C(=O)N1.C=C1CCC(N2Cc3cc(CCc4nc5cc(Cl)c(C)cc5[nH]4)ccc3C2=O)C(=O)N1. The summed E-state index contributed by atoms with van der Waals surface area (Å²) < 4.78 is 0. The zero-order valence-electron chi connectivity index (χ0n) is 53.1. The van der Waals surface area contributed by atoms with Crippen molar-refractivity contribution in [1.82, 2.24) is 60.6 Å². The normalized spacial score (nSPS) is 18.6. The average molecular weight is 1260 g/mol. The minimum Gasteiger partial charge on any atom is -0.342 e. The van der Waals surface area contributed by atoms with Gasteiger partial charge in [-0.05, 0) is 208 Å². The van der Waals surface area contributed by atoms with Gasteiger partial charge in [-0.1, -0.05) is 67.7 Å². The number of H-pyrrole nitrogens is 3. The number of benzene rings is 6. The molecule has 9 aromatic rings. The van der Waals surface area contributed by atoms with Gasteiger partial charge in [0.2, 0.25) is 17.7 Å². The maximum atomic E-state index is 12.9. The van der Waals surface area contributed by atoms with E-state index in [1.54, 1.807) is 14.7 Å². The number of piperidine rings is 3. The number of nitrogens with zero attached hydrogens (tertiary/aromatic N) is 6. The van der Waals surface area contributed by atoms with Crippen molar-refractivity contribution in [1.29, 1.82) is 0 Å². The molecule has 0 spiro atoms. The molecule has 93 heavy (non-hydrogen) atoms. The van der Waals surface area contributed by atoms with Crippen LogP contribution in [0.1, 0.15) is 148 Å². The number of carbonyl (C=O) groups excluding carboxylic acids is 6. The highest BCUT2D eigenvalue weighted by Gasteiger charge is 2.41. The van der Waals surface area contributed by atoms with Gasteiger partial charge in [0.05, 0.1) is 33.1 Å². The Hall–Kier alpha value is -9.94. The first kappa shape index (κ1) is 61.9. The van der Waals surface area contributed by atoms with Crippen LogP contribution in [-0.2, 0) is 72.5 Å². The second kappa shape index (κ2) is 25.3. The van der Waals surface area contributed by atoms with Gasteiger partial charge in [0.15, 0.2) is 0 Å². The van der Waals surface area contributed by atoms with E-state index in [1.807, 2.05) is 55.5 Å². The first-order chi connectivity index (χ1) is 44.7. The molecule has 18 nitrogen and oxygen atoms in total. The lowest BCUT2D eigenvalue weighted by Gasteiger charge is -2.30. The van der Waals surface area contributed by atoms with E-state index in [9.17, 15) is 28.8 Å². The van der Waals surface area contributed by atoms with E-state index in [1.165, 1.54) is 33.4 Å². The number of hydrogen-bond acceptors (Lipinski definition) is 9. The first-order valence-corrected chi connectivity index (χ1v) is 32.3. The summed E-state index contributed by atoms with van der Waals surface area (Å²) in [5.74, 6) is 2.26. The van der Waals surface area contributed by atoms with Crippen LogP contribution < -0.4 is 16.0 Å². The standard InChI is InChI=1S/2C25H26N4O2.C24H23ClN4O2/c2*1-14-10-20-21(11-15(14)2)28-23(27-20)9-6-17-5-7-19-18(12-17)13-29(25(19)31)22-8-4-16(3)26-24(22)30;1-13-9-19-20(11-18(13)25)28-22(27-19)8-5-15-4-6-17-16(10-15)12-29(24(17)31)21-7-3-14(2)26-23(21)30/h2*5,7,10-12,22H,3-4,6,8-9,13H2,1-2H3,(H,26,30)(H,27,28);4,6,9-11,21H,2-3,5,7-8,12H2,1H3,(H,26,30)(H,27,28). The minimum absolute atomic E-state index is 0.0581. The largest absolute Gasteiger partial charge is 0.342 e.